The molecule has 0 bridgehead atoms. The van der Waals surface area contributed by atoms with Gasteiger partial charge in [0.25, 0.3) is 0 Å². The number of anilines is 2. The lowest BCUT2D eigenvalue weighted by Crippen LogP contribution is -2.22. The van der Waals surface area contributed by atoms with Gasteiger partial charge in [-0.15, -0.1) is 11.8 Å². The molecular formula is C21H24N2O2S. The third kappa shape index (κ3) is 4.88. The molecule has 1 atom stereocenters. The van der Waals surface area contributed by atoms with E-state index in [1.165, 1.54) is 11.8 Å². The number of hydrogen-bond acceptors (Lipinski definition) is 3. The minimum Gasteiger partial charge on any atom is -0.326 e. The van der Waals surface area contributed by atoms with E-state index < -0.39 is 0 Å². The average molecular weight is 369 g/mol. The van der Waals surface area contributed by atoms with E-state index in [1.807, 2.05) is 63.2 Å². The molecule has 0 heterocycles. The standard InChI is InChI=1S/C21H24N2O2S/c1-13-7-8-14(2)19(11-13)23-20(24)15(3)26-18-6-4-5-17(12-18)22-21(25)16-9-10-16/h4-8,11-12,15-16H,9-10H2,1-3H3,(H,22,25)(H,23,24). The molecule has 1 saturated carbocycles. The van der Waals surface area contributed by atoms with Gasteiger partial charge < -0.3 is 10.6 Å². The Kier molecular flexibility index (Phi) is 5.67. The second-order valence-electron chi connectivity index (χ2n) is 6.86. The van der Waals surface area contributed by atoms with Crippen molar-refractivity contribution in [2.45, 2.75) is 43.8 Å². The van der Waals surface area contributed by atoms with Gasteiger partial charge in [0.05, 0.1) is 5.25 Å². The predicted molar refractivity (Wildman–Crippen MR) is 108 cm³/mol. The topological polar surface area (TPSA) is 58.2 Å². The van der Waals surface area contributed by atoms with E-state index in [1.54, 1.807) is 0 Å². The fraction of sp³-hybridized carbons (Fsp3) is 0.333. The quantitative estimate of drug-likeness (QED) is 0.722. The van der Waals surface area contributed by atoms with Crippen molar-refractivity contribution in [1.29, 1.82) is 0 Å². The Morgan fingerprint density at radius 1 is 1.08 bits per heavy atom. The van der Waals surface area contributed by atoms with Crippen LogP contribution in [-0.2, 0) is 9.59 Å². The molecule has 3 rings (SSSR count). The molecule has 0 radical (unpaired) electrons. The summed E-state index contributed by atoms with van der Waals surface area (Å²) in [7, 11) is 0. The summed E-state index contributed by atoms with van der Waals surface area (Å²) in [6.45, 7) is 5.88. The smallest absolute Gasteiger partial charge is 0.237 e. The minimum absolute atomic E-state index is 0.0314. The van der Waals surface area contributed by atoms with E-state index in [0.717, 1.165) is 40.2 Å². The fourth-order valence-corrected chi connectivity index (χ4v) is 3.53. The van der Waals surface area contributed by atoms with Crippen molar-refractivity contribution in [2.75, 3.05) is 10.6 Å². The van der Waals surface area contributed by atoms with Gasteiger partial charge in [0.1, 0.15) is 0 Å². The van der Waals surface area contributed by atoms with Crippen molar-refractivity contribution in [3.63, 3.8) is 0 Å². The highest BCUT2D eigenvalue weighted by molar-refractivity contribution is 8.00. The Labute approximate surface area is 158 Å². The largest absolute Gasteiger partial charge is 0.326 e. The van der Waals surface area contributed by atoms with Gasteiger partial charge in [0.15, 0.2) is 0 Å². The summed E-state index contributed by atoms with van der Waals surface area (Å²) in [5.41, 5.74) is 3.80. The summed E-state index contributed by atoms with van der Waals surface area (Å²) in [5, 5.41) is 5.71. The molecule has 1 aliphatic rings. The Balaban J connectivity index is 1.61. The molecule has 1 fully saturated rings. The molecule has 4 nitrogen and oxygen atoms in total. The van der Waals surface area contributed by atoms with Crippen LogP contribution in [0.5, 0.6) is 0 Å². The van der Waals surface area contributed by atoms with Gasteiger partial charge in [-0.05, 0) is 69.0 Å². The third-order valence-electron chi connectivity index (χ3n) is 4.38. The van der Waals surface area contributed by atoms with Crippen LogP contribution in [0.3, 0.4) is 0 Å². The van der Waals surface area contributed by atoms with Gasteiger partial charge >= 0.3 is 0 Å². The second-order valence-corrected chi connectivity index (χ2v) is 8.27. The zero-order valence-corrected chi connectivity index (χ0v) is 16.2. The molecule has 136 valence electrons. The van der Waals surface area contributed by atoms with E-state index in [9.17, 15) is 9.59 Å². The molecule has 1 unspecified atom stereocenters. The number of hydrogen-bond donors (Lipinski definition) is 2. The molecule has 0 aliphatic heterocycles. The van der Waals surface area contributed by atoms with Crippen LogP contribution in [0.15, 0.2) is 47.4 Å². The van der Waals surface area contributed by atoms with Gasteiger partial charge in [0.2, 0.25) is 11.8 Å². The van der Waals surface area contributed by atoms with E-state index in [2.05, 4.69) is 10.6 Å². The lowest BCUT2D eigenvalue weighted by atomic mass is 10.1. The lowest BCUT2D eigenvalue weighted by Gasteiger charge is -2.14. The first-order valence-corrected chi connectivity index (χ1v) is 9.76. The van der Waals surface area contributed by atoms with Crippen molar-refractivity contribution >= 4 is 35.0 Å². The van der Waals surface area contributed by atoms with Crippen molar-refractivity contribution in [2.24, 2.45) is 5.92 Å². The van der Waals surface area contributed by atoms with Gasteiger partial charge in [-0.1, -0.05) is 18.2 Å². The molecule has 5 heteroatoms. The normalized spacial score (nSPS) is 14.6. The van der Waals surface area contributed by atoms with Crippen LogP contribution >= 0.6 is 11.8 Å². The maximum atomic E-state index is 12.5. The molecule has 2 aromatic rings. The predicted octanol–water partition coefficient (Wildman–Crippen LogP) is 4.77. The van der Waals surface area contributed by atoms with Gasteiger partial charge in [-0.3, -0.25) is 9.59 Å². The monoisotopic (exact) mass is 368 g/mol. The van der Waals surface area contributed by atoms with Crippen molar-refractivity contribution in [3.8, 4) is 0 Å². The minimum atomic E-state index is -0.246. The molecule has 0 spiro atoms. The molecule has 2 N–H and O–H groups in total. The van der Waals surface area contributed by atoms with E-state index in [-0.39, 0.29) is 23.0 Å². The Morgan fingerprint density at radius 2 is 1.85 bits per heavy atom. The highest BCUT2D eigenvalue weighted by atomic mass is 32.2. The van der Waals surface area contributed by atoms with Crippen LogP contribution in [0.4, 0.5) is 11.4 Å². The molecule has 0 aromatic heterocycles. The molecule has 2 amide bonds. The maximum absolute atomic E-state index is 12.5. The number of benzene rings is 2. The lowest BCUT2D eigenvalue weighted by molar-refractivity contribution is -0.117. The molecular weight excluding hydrogens is 344 g/mol. The zero-order valence-electron chi connectivity index (χ0n) is 15.3. The van der Waals surface area contributed by atoms with E-state index >= 15 is 0 Å². The van der Waals surface area contributed by atoms with Crippen molar-refractivity contribution in [3.05, 3.63) is 53.6 Å². The van der Waals surface area contributed by atoms with E-state index in [0.29, 0.717) is 0 Å². The van der Waals surface area contributed by atoms with Gasteiger partial charge in [0, 0.05) is 22.2 Å². The first-order valence-electron chi connectivity index (χ1n) is 8.88. The third-order valence-corrected chi connectivity index (χ3v) is 5.48. The maximum Gasteiger partial charge on any atom is 0.237 e. The Bertz CT molecular complexity index is 831. The van der Waals surface area contributed by atoms with Crippen LogP contribution < -0.4 is 10.6 Å². The highest BCUT2D eigenvalue weighted by Crippen LogP contribution is 2.31. The molecule has 0 saturated heterocycles. The molecule has 2 aromatic carbocycles. The van der Waals surface area contributed by atoms with Crippen molar-refractivity contribution in [1.82, 2.24) is 0 Å². The molecule has 1 aliphatic carbocycles. The average Bonchev–Trinajstić information content (AvgIpc) is 3.43. The highest BCUT2D eigenvalue weighted by Gasteiger charge is 2.29. The first-order chi connectivity index (χ1) is 12.4. The second kappa shape index (κ2) is 7.96. The number of aryl methyl sites for hydroxylation is 2. The first kappa shape index (κ1) is 18.5. The Hall–Kier alpha value is -2.27. The van der Waals surface area contributed by atoms with Crippen LogP contribution in [0.2, 0.25) is 0 Å². The number of rotatable bonds is 6. The number of nitrogens with one attached hydrogen (secondary N) is 2. The summed E-state index contributed by atoms with van der Waals surface area (Å²) < 4.78 is 0. The Morgan fingerprint density at radius 3 is 2.58 bits per heavy atom. The van der Waals surface area contributed by atoms with Crippen LogP contribution in [0, 0.1) is 19.8 Å². The number of amides is 2. The van der Waals surface area contributed by atoms with Gasteiger partial charge in [-0.25, -0.2) is 0 Å². The number of carbonyl (C=O) groups excluding carboxylic acids is 2. The van der Waals surface area contributed by atoms with Crippen LogP contribution in [0.25, 0.3) is 0 Å². The summed E-state index contributed by atoms with van der Waals surface area (Å²) in [6, 6.07) is 13.7. The van der Waals surface area contributed by atoms with Gasteiger partial charge in [-0.2, -0.15) is 0 Å². The summed E-state index contributed by atoms with van der Waals surface area (Å²) in [5.74, 6) is 0.234. The SMILES string of the molecule is Cc1ccc(C)c(NC(=O)C(C)Sc2cccc(NC(=O)C3CC3)c2)c1. The zero-order chi connectivity index (χ0) is 18.7. The van der Waals surface area contributed by atoms with E-state index in [4.69, 9.17) is 0 Å². The summed E-state index contributed by atoms with van der Waals surface area (Å²) in [4.78, 5) is 25.4. The van der Waals surface area contributed by atoms with Crippen LogP contribution in [0.1, 0.15) is 30.9 Å². The van der Waals surface area contributed by atoms with Crippen molar-refractivity contribution < 1.29 is 9.59 Å². The number of carbonyl (C=O) groups is 2. The number of thioether (sulfide) groups is 1. The summed E-state index contributed by atoms with van der Waals surface area (Å²) in [6.07, 6.45) is 1.96. The van der Waals surface area contributed by atoms with Crippen LogP contribution in [-0.4, -0.2) is 17.1 Å². The molecule has 26 heavy (non-hydrogen) atoms. The summed E-state index contributed by atoms with van der Waals surface area (Å²) >= 11 is 1.48. The fourth-order valence-electron chi connectivity index (χ4n) is 2.60.